The van der Waals surface area contributed by atoms with Gasteiger partial charge in [0.05, 0.1) is 24.6 Å². The molecule has 3 rings (SSSR count). The third-order valence-electron chi connectivity index (χ3n) is 4.58. The molecule has 1 aromatic rings. The Kier molecular flexibility index (Phi) is 4.76. The van der Waals surface area contributed by atoms with Crippen LogP contribution in [0.25, 0.3) is 0 Å². The topological polar surface area (TPSA) is 67.4 Å². The van der Waals surface area contributed by atoms with Crippen molar-refractivity contribution in [2.75, 3.05) is 12.4 Å². The number of nitrogens with one attached hydrogen (secondary N) is 2. The van der Waals surface area contributed by atoms with Gasteiger partial charge in [0.1, 0.15) is 5.75 Å². The average Bonchev–Trinajstić information content (AvgIpc) is 3.18. The number of carbonyl (C=O) groups excluding carboxylic acids is 2. The van der Waals surface area contributed by atoms with Crippen LogP contribution in [0.2, 0.25) is 5.02 Å². The van der Waals surface area contributed by atoms with E-state index in [0.29, 0.717) is 28.9 Å². The lowest BCUT2D eigenvalue weighted by Gasteiger charge is -2.12. The van der Waals surface area contributed by atoms with Gasteiger partial charge in [0.25, 0.3) is 0 Å². The molecule has 2 fully saturated rings. The molecule has 1 aromatic carbocycles. The fourth-order valence-corrected chi connectivity index (χ4v) is 3.33. The summed E-state index contributed by atoms with van der Waals surface area (Å²) in [5.41, 5.74) is 0.534. The zero-order valence-electron chi connectivity index (χ0n) is 13.1. The molecule has 0 aromatic heterocycles. The summed E-state index contributed by atoms with van der Waals surface area (Å²) in [6.45, 7) is 0. The van der Waals surface area contributed by atoms with E-state index in [-0.39, 0.29) is 23.7 Å². The predicted molar refractivity (Wildman–Crippen MR) is 88.6 cm³/mol. The molecule has 2 aliphatic rings. The van der Waals surface area contributed by atoms with Gasteiger partial charge >= 0.3 is 0 Å². The van der Waals surface area contributed by atoms with Crippen LogP contribution in [0.15, 0.2) is 18.2 Å². The summed E-state index contributed by atoms with van der Waals surface area (Å²) in [5, 5.41) is 6.39. The molecule has 2 saturated carbocycles. The molecule has 2 amide bonds. The lowest BCUT2D eigenvalue weighted by Crippen LogP contribution is -2.34. The minimum absolute atomic E-state index is 0.00936. The number of anilines is 1. The molecule has 2 atom stereocenters. The number of carbonyl (C=O) groups is 2. The molecule has 2 N–H and O–H groups in total. The Balaban J connectivity index is 1.56. The second kappa shape index (κ2) is 6.79. The zero-order valence-corrected chi connectivity index (χ0v) is 13.9. The van der Waals surface area contributed by atoms with Gasteiger partial charge in [-0.15, -0.1) is 0 Å². The highest BCUT2D eigenvalue weighted by molar-refractivity contribution is 6.31. The van der Waals surface area contributed by atoms with Gasteiger partial charge in [0.15, 0.2) is 0 Å². The number of hydrogen-bond donors (Lipinski definition) is 2. The number of halogens is 1. The van der Waals surface area contributed by atoms with E-state index in [1.165, 1.54) is 20.0 Å². The molecule has 0 aliphatic heterocycles. The van der Waals surface area contributed by atoms with Crippen molar-refractivity contribution < 1.29 is 14.3 Å². The molecule has 2 unspecified atom stereocenters. The van der Waals surface area contributed by atoms with Crippen molar-refractivity contribution in [2.24, 2.45) is 11.8 Å². The smallest absolute Gasteiger partial charge is 0.228 e. The molecule has 0 bridgehead atoms. The maximum absolute atomic E-state index is 12.3. The first-order valence-corrected chi connectivity index (χ1v) is 8.41. The Morgan fingerprint density at radius 3 is 2.57 bits per heavy atom. The minimum Gasteiger partial charge on any atom is -0.495 e. The van der Waals surface area contributed by atoms with Gasteiger partial charge < -0.3 is 15.4 Å². The number of hydrogen-bond acceptors (Lipinski definition) is 3. The van der Waals surface area contributed by atoms with Gasteiger partial charge in [0.2, 0.25) is 11.8 Å². The van der Waals surface area contributed by atoms with Crippen LogP contribution in [0.1, 0.15) is 32.1 Å². The number of rotatable bonds is 5. The predicted octanol–water partition coefficient (Wildman–Crippen LogP) is 2.98. The Morgan fingerprint density at radius 1 is 1.17 bits per heavy atom. The van der Waals surface area contributed by atoms with Crippen molar-refractivity contribution in [1.29, 1.82) is 0 Å². The summed E-state index contributed by atoms with van der Waals surface area (Å²) in [6, 6.07) is 5.34. The first kappa shape index (κ1) is 16.1. The van der Waals surface area contributed by atoms with Crippen molar-refractivity contribution in [3.8, 4) is 5.75 Å². The van der Waals surface area contributed by atoms with E-state index in [0.717, 1.165) is 12.8 Å². The average molecular weight is 337 g/mol. The Bertz CT molecular complexity index is 614. The summed E-state index contributed by atoms with van der Waals surface area (Å²) in [6.07, 6.45) is 5.06. The molecule has 6 heteroatoms. The molecule has 0 saturated heterocycles. The highest BCUT2D eigenvalue weighted by Gasteiger charge is 2.48. The van der Waals surface area contributed by atoms with Crippen molar-refractivity contribution in [2.45, 2.75) is 38.1 Å². The highest BCUT2D eigenvalue weighted by Crippen LogP contribution is 2.40. The van der Waals surface area contributed by atoms with E-state index in [1.54, 1.807) is 18.2 Å². The SMILES string of the molecule is COc1ccc(Cl)cc1NC(=O)C1CC1C(=O)NC1CCCC1. The fraction of sp³-hybridized carbons (Fsp3) is 0.529. The van der Waals surface area contributed by atoms with Crippen LogP contribution in [-0.2, 0) is 9.59 Å². The second-order valence-electron chi connectivity index (χ2n) is 6.27. The van der Waals surface area contributed by atoms with Crippen molar-refractivity contribution in [3.05, 3.63) is 23.2 Å². The summed E-state index contributed by atoms with van der Waals surface area (Å²) in [7, 11) is 1.54. The molecular formula is C17H21ClN2O3. The highest BCUT2D eigenvalue weighted by atomic mass is 35.5. The van der Waals surface area contributed by atoms with E-state index < -0.39 is 0 Å². The van der Waals surface area contributed by atoms with Gasteiger partial charge in [0, 0.05) is 11.1 Å². The van der Waals surface area contributed by atoms with E-state index in [4.69, 9.17) is 16.3 Å². The van der Waals surface area contributed by atoms with Crippen LogP contribution in [0, 0.1) is 11.8 Å². The van der Waals surface area contributed by atoms with Gasteiger partial charge in [-0.05, 0) is 37.5 Å². The van der Waals surface area contributed by atoms with Crippen molar-refractivity contribution in [3.63, 3.8) is 0 Å². The number of methoxy groups -OCH3 is 1. The molecule has 124 valence electrons. The monoisotopic (exact) mass is 336 g/mol. The van der Waals surface area contributed by atoms with Crippen LogP contribution in [0.5, 0.6) is 5.75 Å². The molecule has 0 heterocycles. The zero-order chi connectivity index (χ0) is 16.4. The quantitative estimate of drug-likeness (QED) is 0.868. The minimum atomic E-state index is -0.264. The molecule has 23 heavy (non-hydrogen) atoms. The van der Waals surface area contributed by atoms with E-state index in [2.05, 4.69) is 10.6 Å². The number of ether oxygens (including phenoxy) is 1. The molecule has 0 radical (unpaired) electrons. The van der Waals surface area contributed by atoms with Crippen LogP contribution >= 0.6 is 11.6 Å². The van der Waals surface area contributed by atoms with Crippen LogP contribution in [-0.4, -0.2) is 25.0 Å². The Morgan fingerprint density at radius 2 is 1.87 bits per heavy atom. The van der Waals surface area contributed by atoms with Gasteiger partial charge in [-0.2, -0.15) is 0 Å². The standard InChI is InChI=1S/C17H21ClN2O3/c1-23-15-7-6-10(18)8-14(15)20-17(22)13-9-12(13)16(21)19-11-4-2-3-5-11/h6-8,11-13H,2-5,9H2,1H3,(H,19,21)(H,20,22). The Hall–Kier alpha value is -1.75. The molecular weight excluding hydrogens is 316 g/mol. The maximum atomic E-state index is 12.3. The number of benzene rings is 1. The number of amides is 2. The normalized spacial score (nSPS) is 23.4. The van der Waals surface area contributed by atoms with Gasteiger partial charge in [-0.25, -0.2) is 0 Å². The van der Waals surface area contributed by atoms with Gasteiger partial charge in [-0.1, -0.05) is 24.4 Å². The lowest BCUT2D eigenvalue weighted by molar-refractivity contribution is -0.125. The molecule has 5 nitrogen and oxygen atoms in total. The third-order valence-corrected chi connectivity index (χ3v) is 4.82. The second-order valence-corrected chi connectivity index (χ2v) is 6.71. The van der Waals surface area contributed by atoms with E-state index >= 15 is 0 Å². The fourth-order valence-electron chi connectivity index (χ4n) is 3.16. The Labute approximate surface area is 140 Å². The van der Waals surface area contributed by atoms with Crippen LogP contribution in [0.4, 0.5) is 5.69 Å². The van der Waals surface area contributed by atoms with Crippen molar-refractivity contribution in [1.82, 2.24) is 5.32 Å². The first-order valence-electron chi connectivity index (χ1n) is 8.03. The van der Waals surface area contributed by atoms with E-state index in [9.17, 15) is 9.59 Å². The first-order chi connectivity index (χ1) is 11.1. The lowest BCUT2D eigenvalue weighted by atomic mass is 10.2. The molecule has 2 aliphatic carbocycles. The third kappa shape index (κ3) is 3.78. The van der Waals surface area contributed by atoms with Crippen LogP contribution in [0.3, 0.4) is 0 Å². The summed E-state index contributed by atoms with van der Waals surface area (Å²) >= 11 is 5.96. The van der Waals surface area contributed by atoms with Crippen molar-refractivity contribution >= 4 is 29.1 Å². The van der Waals surface area contributed by atoms with Gasteiger partial charge in [-0.3, -0.25) is 9.59 Å². The largest absolute Gasteiger partial charge is 0.495 e. The maximum Gasteiger partial charge on any atom is 0.228 e. The summed E-state index contributed by atoms with van der Waals surface area (Å²) in [5.74, 6) is -0.0662. The summed E-state index contributed by atoms with van der Waals surface area (Å²) < 4.78 is 5.21. The molecule has 0 spiro atoms. The van der Waals surface area contributed by atoms with E-state index in [1.807, 2.05) is 0 Å². The van der Waals surface area contributed by atoms with Crippen LogP contribution < -0.4 is 15.4 Å². The summed E-state index contributed by atoms with van der Waals surface area (Å²) in [4.78, 5) is 24.5.